The van der Waals surface area contributed by atoms with E-state index in [1.54, 1.807) is 11.9 Å². The molecule has 6 nitrogen and oxygen atoms in total. The third-order valence-corrected chi connectivity index (χ3v) is 3.18. The molecule has 1 aliphatic rings. The van der Waals surface area contributed by atoms with Crippen LogP contribution in [0.3, 0.4) is 0 Å². The minimum absolute atomic E-state index is 0.0393. The maximum Gasteiger partial charge on any atom is 0.374 e. The molecule has 2 rings (SSSR count). The van der Waals surface area contributed by atoms with Gasteiger partial charge in [-0.25, -0.2) is 4.79 Å². The van der Waals surface area contributed by atoms with Gasteiger partial charge in [0, 0.05) is 19.2 Å². The van der Waals surface area contributed by atoms with Crippen LogP contribution in [0.1, 0.15) is 40.8 Å². The zero-order valence-corrected chi connectivity index (χ0v) is 9.71. The summed E-state index contributed by atoms with van der Waals surface area (Å²) in [6.45, 7) is 1.98. The number of aromatic carboxylic acids is 1. The van der Waals surface area contributed by atoms with Crippen molar-refractivity contribution in [1.29, 1.82) is 0 Å². The fourth-order valence-corrected chi connectivity index (χ4v) is 1.74. The smallest absolute Gasteiger partial charge is 0.374 e. The quantitative estimate of drug-likeness (QED) is 0.853. The Morgan fingerprint density at radius 3 is 2.71 bits per heavy atom. The van der Waals surface area contributed by atoms with Gasteiger partial charge in [0.05, 0.1) is 0 Å². The molecule has 0 saturated heterocycles. The normalized spacial score (nSPS) is 16.6. The largest absolute Gasteiger partial charge is 0.475 e. The molecule has 0 bridgehead atoms. The molecule has 1 N–H and O–H groups in total. The average molecular weight is 238 g/mol. The average Bonchev–Trinajstić information content (AvgIpc) is 3.03. The van der Waals surface area contributed by atoms with E-state index in [9.17, 15) is 9.59 Å². The number of aromatic nitrogens is 1. The van der Waals surface area contributed by atoms with Crippen LogP contribution in [0.25, 0.3) is 0 Å². The number of rotatable bonds is 4. The highest BCUT2D eigenvalue weighted by Crippen LogP contribution is 2.35. The Labute approximate surface area is 98.2 Å². The van der Waals surface area contributed by atoms with Crippen molar-refractivity contribution in [3.8, 4) is 0 Å². The molecule has 1 heterocycles. The molecule has 1 aromatic rings. The molecule has 1 aromatic heterocycles. The van der Waals surface area contributed by atoms with Crippen molar-refractivity contribution in [3.05, 3.63) is 17.5 Å². The van der Waals surface area contributed by atoms with E-state index in [2.05, 4.69) is 9.68 Å². The fraction of sp³-hybridized carbons (Fsp3) is 0.545. The SMILES string of the molecule is CC(C1CC1)N(C)C(=O)c1cc(C(=O)O)on1. The first-order valence-corrected chi connectivity index (χ1v) is 5.48. The van der Waals surface area contributed by atoms with Gasteiger partial charge < -0.3 is 14.5 Å². The number of carboxylic acids is 1. The maximum atomic E-state index is 12.0. The van der Waals surface area contributed by atoms with Gasteiger partial charge in [-0.15, -0.1) is 0 Å². The standard InChI is InChI=1S/C11H14N2O4/c1-6(7-3-4-7)13(2)10(14)8-5-9(11(15)16)17-12-8/h5-7H,3-4H2,1-2H3,(H,15,16). The molecule has 1 unspecified atom stereocenters. The number of amides is 1. The van der Waals surface area contributed by atoms with E-state index in [0.717, 1.165) is 18.9 Å². The van der Waals surface area contributed by atoms with Gasteiger partial charge in [0.15, 0.2) is 5.69 Å². The highest BCUT2D eigenvalue weighted by atomic mass is 16.5. The van der Waals surface area contributed by atoms with Crippen molar-refractivity contribution in [2.45, 2.75) is 25.8 Å². The lowest BCUT2D eigenvalue weighted by Crippen LogP contribution is -2.36. The second-order valence-electron chi connectivity index (χ2n) is 4.38. The van der Waals surface area contributed by atoms with Crippen molar-refractivity contribution in [3.63, 3.8) is 0 Å². The Kier molecular flexibility index (Phi) is 2.87. The molecule has 92 valence electrons. The lowest BCUT2D eigenvalue weighted by molar-refractivity contribution is 0.0647. The molecular formula is C11H14N2O4. The van der Waals surface area contributed by atoms with Gasteiger partial charge in [0.25, 0.3) is 5.91 Å². The van der Waals surface area contributed by atoms with Crippen LogP contribution < -0.4 is 0 Å². The third-order valence-electron chi connectivity index (χ3n) is 3.18. The second kappa shape index (κ2) is 4.20. The predicted molar refractivity (Wildman–Crippen MR) is 57.7 cm³/mol. The van der Waals surface area contributed by atoms with Gasteiger partial charge in [0.2, 0.25) is 5.76 Å². The van der Waals surface area contributed by atoms with Crippen molar-refractivity contribution in [2.75, 3.05) is 7.05 Å². The van der Waals surface area contributed by atoms with Crippen LogP contribution in [0.5, 0.6) is 0 Å². The Hall–Kier alpha value is -1.85. The van der Waals surface area contributed by atoms with Crippen LogP contribution in [0.4, 0.5) is 0 Å². The molecule has 0 aromatic carbocycles. The number of carboxylic acid groups (broad SMARTS) is 1. The van der Waals surface area contributed by atoms with Gasteiger partial charge >= 0.3 is 5.97 Å². The van der Waals surface area contributed by atoms with Crippen molar-refractivity contribution in [2.24, 2.45) is 5.92 Å². The molecule has 17 heavy (non-hydrogen) atoms. The molecule has 0 spiro atoms. The summed E-state index contributed by atoms with van der Waals surface area (Å²) >= 11 is 0. The van der Waals surface area contributed by atoms with Gasteiger partial charge in [-0.05, 0) is 25.7 Å². The topological polar surface area (TPSA) is 83.6 Å². The van der Waals surface area contributed by atoms with Crippen LogP contribution in [0, 0.1) is 5.92 Å². The zero-order chi connectivity index (χ0) is 12.6. The summed E-state index contributed by atoms with van der Waals surface area (Å²) in [5.74, 6) is -1.30. The fourth-order valence-electron chi connectivity index (χ4n) is 1.74. The molecule has 1 fully saturated rings. The minimum Gasteiger partial charge on any atom is -0.475 e. The Balaban J connectivity index is 2.09. The predicted octanol–water partition coefficient (Wildman–Crippen LogP) is 1.24. The van der Waals surface area contributed by atoms with E-state index in [-0.39, 0.29) is 23.4 Å². The maximum absolute atomic E-state index is 12.0. The van der Waals surface area contributed by atoms with E-state index < -0.39 is 5.97 Å². The molecule has 6 heteroatoms. The van der Waals surface area contributed by atoms with Crippen LogP contribution in [0.15, 0.2) is 10.6 Å². The summed E-state index contributed by atoms with van der Waals surface area (Å²) in [6.07, 6.45) is 2.27. The van der Waals surface area contributed by atoms with E-state index in [0.29, 0.717) is 5.92 Å². The Bertz CT molecular complexity index is 450. The summed E-state index contributed by atoms with van der Waals surface area (Å²) in [4.78, 5) is 24.1. The van der Waals surface area contributed by atoms with Crippen LogP contribution in [0.2, 0.25) is 0 Å². The summed E-state index contributed by atoms with van der Waals surface area (Å²) < 4.78 is 4.56. The zero-order valence-electron chi connectivity index (χ0n) is 9.71. The summed E-state index contributed by atoms with van der Waals surface area (Å²) in [7, 11) is 1.69. The Morgan fingerprint density at radius 2 is 2.24 bits per heavy atom. The lowest BCUT2D eigenvalue weighted by atomic mass is 10.2. The first-order valence-electron chi connectivity index (χ1n) is 5.48. The summed E-state index contributed by atoms with van der Waals surface area (Å²) in [6, 6.07) is 1.30. The molecule has 1 amide bonds. The van der Waals surface area contributed by atoms with Crippen LogP contribution in [-0.4, -0.2) is 40.1 Å². The number of hydrogen-bond donors (Lipinski definition) is 1. The molecule has 0 aliphatic heterocycles. The highest BCUT2D eigenvalue weighted by Gasteiger charge is 2.33. The van der Waals surface area contributed by atoms with Crippen LogP contribution >= 0.6 is 0 Å². The number of carbonyl (C=O) groups excluding carboxylic acids is 1. The Morgan fingerprint density at radius 1 is 1.59 bits per heavy atom. The van der Waals surface area contributed by atoms with Crippen molar-refractivity contribution < 1.29 is 19.2 Å². The van der Waals surface area contributed by atoms with Crippen molar-refractivity contribution in [1.82, 2.24) is 10.1 Å². The summed E-state index contributed by atoms with van der Waals surface area (Å²) in [5.41, 5.74) is 0.0393. The van der Waals surface area contributed by atoms with E-state index >= 15 is 0 Å². The van der Waals surface area contributed by atoms with Gasteiger partial charge in [0.1, 0.15) is 0 Å². The lowest BCUT2D eigenvalue weighted by Gasteiger charge is -2.23. The molecule has 1 atom stereocenters. The van der Waals surface area contributed by atoms with E-state index in [1.807, 2.05) is 6.92 Å². The minimum atomic E-state index is -1.23. The summed E-state index contributed by atoms with van der Waals surface area (Å²) in [5, 5.41) is 12.1. The van der Waals surface area contributed by atoms with Gasteiger partial charge in [-0.2, -0.15) is 0 Å². The van der Waals surface area contributed by atoms with E-state index in [4.69, 9.17) is 5.11 Å². The monoisotopic (exact) mass is 238 g/mol. The number of hydrogen-bond acceptors (Lipinski definition) is 4. The van der Waals surface area contributed by atoms with Crippen LogP contribution in [-0.2, 0) is 0 Å². The second-order valence-corrected chi connectivity index (χ2v) is 4.38. The van der Waals surface area contributed by atoms with Gasteiger partial charge in [-0.3, -0.25) is 4.79 Å². The number of carbonyl (C=O) groups is 2. The van der Waals surface area contributed by atoms with Crippen molar-refractivity contribution >= 4 is 11.9 Å². The molecule has 0 radical (unpaired) electrons. The van der Waals surface area contributed by atoms with Gasteiger partial charge in [-0.1, -0.05) is 5.16 Å². The third kappa shape index (κ3) is 2.30. The highest BCUT2D eigenvalue weighted by molar-refractivity contribution is 5.94. The first kappa shape index (κ1) is 11.6. The molecule has 1 saturated carbocycles. The number of nitrogens with zero attached hydrogens (tertiary/aromatic N) is 2. The first-order chi connectivity index (χ1) is 8.00. The molecular weight excluding hydrogens is 224 g/mol. The molecule has 1 aliphatic carbocycles. The van der Waals surface area contributed by atoms with E-state index in [1.165, 1.54) is 0 Å².